The number of benzene rings is 3. The van der Waals surface area contributed by atoms with Gasteiger partial charge in [0.15, 0.2) is 5.60 Å². The Morgan fingerprint density at radius 1 is 1.10 bits per heavy atom. The third kappa shape index (κ3) is 5.56. The van der Waals surface area contributed by atoms with Gasteiger partial charge in [-0.1, -0.05) is 71.5 Å². The first-order valence-corrected chi connectivity index (χ1v) is 11.4. The van der Waals surface area contributed by atoms with E-state index < -0.39 is 15.6 Å². The van der Waals surface area contributed by atoms with Gasteiger partial charge in [0.2, 0.25) is 0 Å². The van der Waals surface area contributed by atoms with E-state index in [-0.39, 0.29) is 22.6 Å². The van der Waals surface area contributed by atoms with Gasteiger partial charge in [0.05, 0.1) is 10.6 Å². The van der Waals surface area contributed by atoms with Crippen molar-refractivity contribution in [3.8, 4) is 11.8 Å². The number of hydrogen-bond acceptors (Lipinski definition) is 3. The van der Waals surface area contributed by atoms with E-state index in [0.717, 1.165) is 11.1 Å². The first kappa shape index (κ1) is 22.6. The van der Waals surface area contributed by atoms with E-state index in [1.165, 1.54) is 24.3 Å². The van der Waals surface area contributed by atoms with Crippen LogP contribution >= 0.6 is 11.6 Å². The van der Waals surface area contributed by atoms with Crippen molar-refractivity contribution in [2.45, 2.75) is 23.8 Å². The van der Waals surface area contributed by atoms with E-state index in [0.29, 0.717) is 5.02 Å². The number of aliphatic hydroxyl groups is 1. The molecule has 0 radical (unpaired) electrons. The maximum Gasteiger partial charge on any atom is 0.261 e. The van der Waals surface area contributed by atoms with Crippen LogP contribution in [0.3, 0.4) is 0 Å². The highest BCUT2D eigenvalue weighted by molar-refractivity contribution is 7.92. The van der Waals surface area contributed by atoms with Gasteiger partial charge in [-0.15, -0.1) is 6.58 Å². The van der Waals surface area contributed by atoms with Crippen LogP contribution in [-0.2, 0) is 15.6 Å². The summed E-state index contributed by atoms with van der Waals surface area (Å²) in [4.78, 5) is 0.103. The summed E-state index contributed by atoms with van der Waals surface area (Å²) in [7, 11) is -3.91. The standard InChI is InChI=1S/C25H22ClNO3S/c1-3-16-25(28,17-15-20-7-5-4-6-8-20)23-14-11-21(26)18-24(23)27-31(29,30)22-12-9-19(2)10-13-22/h3-14,18,27-28H,1,16H2,2H3. The van der Waals surface area contributed by atoms with E-state index in [9.17, 15) is 13.5 Å². The molecule has 158 valence electrons. The van der Waals surface area contributed by atoms with Gasteiger partial charge < -0.3 is 5.11 Å². The highest BCUT2D eigenvalue weighted by Crippen LogP contribution is 2.34. The van der Waals surface area contributed by atoms with Crippen LogP contribution in [0.25, 0.3) is 0 Å². The van der Waals surface area contributed by atoms with Crippen LogP contribution in [0, 0.1) is 18.8 Å². The summed E-state index contributed by atoms with van der Waals surface area (Å²) in [6, 6.07) is 20.3. The molecule has 4 nitrogen and oxygen atoms in total. The van der Waals surface area contributed by atoms with E-state index in [1.54, 1.807) is 24.3 Å². The van der Waals surface area contributed by atoms with Crippen molar-refractivity contribution in [3.05, 3.63) is 107 Å². The number of aryl methyl sites for hydroxylation is 1. The maximum absolute atomic E-state index is 12.9. The summed E-state index contributed by atoms with van der Waals surface area (Å²) in [5.41, 5.74) is 0.434. The number of hydrogen-bond donors (Lipinski definition) is 2. The Morgan fingerprint density at radius 2 is 1.77 bits per heavy atom. The average Bonchev–Trinajstić information content (AvgIpc) is 2.73. The molecule has 1 unspecified atom stereocenters. The Hall–Kier alpha value is -3.04. The molecular formula is C25H22ClNO3S. The lowest BCUT2D eigenvalue weighted by molar-refractivity contribution is 0.105. The van der Waals surface area contributed by atoms with Crippen molar-refractivity contribution in [2.75, 3.05) is 4.72 Å². The molecule has 0 heterocycles. The fraction of sp³-hybridized carbons (Fsp3) is 0.120. The second-order valence-corrected chi connectivity index (χ2v) is 9.20. The number of nitrogens with one attached hydrogen (secondary N) is 1. The van der Waals surface area contributed by atoms with Crippen molar-refractivity contribution in [1.29, 1.82) is 0 Å². The fourth-order valence-electron chi connectivity index (χ4n) is 3.02. The summed E-state index contributed by atoms with van der Waals surface area (Å²) in [5.74, 6) is 5.83. The Bertz CT molecular complexity index is 1240. The highest BCUT2D eigenvalue weighted by Gasteiger charge is 2.30. The molecule has 0 aliphatic heterocycles. The molecule has 1 atom stereocenters. The first-order valence-electron chi connectivity index (χ1n) is 9.54. The van der Waals surface area contributed by atoms with Crippen molar-refractivity contribution in [3.63, 3.8) is 0 Å². The zero-order valence-corrected chi connectivity index (χ0v) is 18.5. The van der Waals surface area contributed by atoms with Crippen LogP contribution in [0.1, 0.15) is 23.1 Å². The molecule has 0 amide bonds. The minimum atomic E-state index is -3.91. The van der Waals surface area contributed by atoms with Gasteiger partial charge in [0.1, 0.15) is 0 Å². The van der Waals surface area contributed by atoms with Crippen LogP contribution < -0.4 is 4.72 Å². The zero-order chi connectivity index (χ0) is 22.5. The molecule has 0 bridgehead atoms. The SMILES string of the molecule is C=CCC(O)(C#Cc1ccccc1)c1ccc(Cl)cc1NS(=O)(=O)c1ccc(C)cc1. The predicted octanol–water partition coefficient (Wildman–Crippen LogP) is 5.26. The molecule has 0 fully saturated rings. The Balaban J connectivity index is 2.07. The van der Waals surface area contributed by atoms with E-state index in [1.807, 2.05) is 37.3 Å². The van der Waals surface area contributed by atoms with E-state index in [4.69, 9.17) is 11.6 Å². The lowest BCUT2D eigenvalue weighted by Crippen LogP contribution is -2.26. The molecule has 0 aliphatic rings. The van der Waals surface area contributed by atoms with Crippen LogP contribution in [0.4, 0.5) is 5.69 Å². The van der Waals surface area contributed by atoms with Gasteiger partial charge >= 0.3 is 0 Å². The molecule has 2 N–H and O–H groups in total. The second kappa shape index (κ2) is 9.40. The molecule has 0 aromatic heterocycles. The van der Waals surface area contributed by atoms with Gasteiger partial charge in [-0.25, -0.2) is 8.42 Å². The first-order chi connectivity index (χ1) is 14.7. The van der Waals surface area contributed by atoms with Crippen molar-refractivity contribution in [2.24, 2.45) is 0 Å². The lowest BCUT2D eigenvalue weighted by Gasteiger charge is -2.25. The molecule has 3 rings (SSSR count). The Kier molecular flexibility index (Phi) is 6.87. The second-order valence-electron chi connectivity index (χ2n) is 7.08. The number of halogens is 1. The number of rotatable bonds is 6. The van der Waals surface area contributed by atoms with E-state index in [2.05, 4.69) is 23.1 Å². The molecule has 0 aliphatic carbocycles. The van der Waals surface area contributed by atoms with Gasteiger partial charge in [0.25, 0.3) is 10.0 Å². The minimum Gasteiger partial charge on any atom is -0.373 e. The zero-order valence-electron chi connectivity index (χ0n) is 17.0. The van der Waals surface area contributed by atoms with Crippen LogP contribution in [0.15, 0.2) is 90.3 Å². The van der Waals surface area contributed by atoms with Gasteiger partial charge in [0, 0.05) is 22.6 Å². The van der Waals surface area contributed by atoms with Crippen molar-refractivity contribution in [1.82, 2.24) is 0 Å². The molecule has 0 saturated carbocycles. The largest absolute Gasteiger partial charge is 0.373 e. The molecule has 3 aromatic carbocycles. The highest BCUT2D eigenvalue weighted by atomic mass is 35.5. The molecule has 31 heavy (non-hydrogen) atoms. The fourth-order valence-corrected chi connectivity index (χ4v) is 4.26. The Morgan fingerprint density at radius 3 is 2.42 bits per heavy atom. The normalized spacial score (nSPS) is 12.9. The van der Waals surface area contributed by atoms with Crippen molar-refractivity contribution >= 4 is 27.3 Å². The molecule has 0 saturated heterocycles. The summed E-state index contributed by atoms with van der Waals surface area (Å²) in [5, 5.41) is 11.7. The summed E-state index contributed by atoms with van der Waals surface area (Å²) >= 11 is 6.14. The molecule has 3 aromatic rings. The monoisotopic (exact) mass is 451 g/mol. The Labute approximate surface area is 188 Å². The van der Waals surface area contributed by atoms with Crippen LogP contribution in [0.5, 0.6) is 0 Å². The summed E-state index contributed by atoms with van der Waals surface area (Å²) in [6.45, 7) is 5.59. The van der Waals surface area contributed by atoms with Gasteiger partial charge in [-0.2, -0.15) is 0 Å². The van der Waals surface area contributed by atoms with Crippen molar-refractivity contribution < 1.29 is 13.5 Å². The third-order valence-electron chi connectivity index (χ3n) is 4.63. The number of sulfonamides is 1. The number of anilines is 1. The quantitative estimate of drug-likeness (QED) is 0.396. The average molecular weight is 452 g/mol. The van der Waals surface area contributed by atoms with Crippen LogP contribution in [0.2, 0.25) is 5.02 Å². The molecule has 6 heteroatoms. The summed E-state index contributed by atoms with van der Waals surface area (Å²) in [6.07, 6.45) is 1.63. The molecular weight excluding hydrogens is 430 g/mol. The summed E-state index contributed by atoms with van der Waals surface area (Å²) < 4.78 is 28.4. The smallest absolute Gasteiger partial charge is 0.261 e. The topological polar surface area (TPSA) is 66.4 Å². The maximum atomic E-state index is 12.9. The van der Waals surface area contributed by atoms with Crippen LogP contribution in [-0.4, -0.2) is 13.5 Å². The molecule has 0 spiro atoms. The third-order valence-corrected chi connectivity index (χ3v) is 6.25. The van der Waals surface area contributed by atoms with Gasteiger partial charge in [-0.05, 0) is 43.3 Å². The lowest BCUT2D eigenvalue weighted by atomic mass is 9.89. The minimum absolute atomic E-state index is 0.0910. The van der Waals surface area contributed by atoms with Gasteiger partial charge in [-0.3, -0.25) is 4.72 Å². The van der Waals surface area contributed by atoms with E-state index >= 15 is 0 Å². The predicted molar refractivity (Wildman–Crippen MR) is 125 cm³/mol.